The summed E-state index contributed by atoms with van der Waals surface area (Å²) in [7, 11) is -3.47. The molecule has 2 amide bonds. The van der Waals surface area contributed by atoms with Crippen LogP contribution in [0.15, 0.2) is 35.2 Å². The van der Waals surface area contributed by atoms with Gasteiger partial charge in [-0.1, -0.05) is 18.2 Å². The number of piperazine rings is 1. The number of benzene rings is 1. The summed E-state index contributed by atoms with van der Waals surface area (Å²) in [5.74, 6) is 0. The Balaban J connectivity index is 1.99. The predicted octanol–water partition coefficient (Wildman–Crippen LogP) is 1.50. The molecule has 0 bridgehead atoms. The smallest absolute Gasteiger partial charge is 0.317 e. The van der Waals surface area contributed by atoms with Crippen LogP contribution >= 0.6 is 0 Å². The highest BCUT2D eigenvalue weighted by Crippen LogP contribution is 2.17. The van der Waals surface area contributed by atoms with E-state index in [9.17, 15) is 13.2 Å². The van der Waals surface area contributed by atoms with E-state index in [1.807, 2.05) is 20.8 Å². The monoisotopic (exact) mass is 325 g/mol. The molecule has 7 heteroatoms. The van der Waals surface area contributed by atoms with Crippen LogP contribution in [0.5, 0.6) is 0 Å². The Morgan fingerprint density at radius 2 is 1.59 bits per heavy atom. The lowest BCUT2D eigenvalue weighted by atomic mass is 10.1. The Morgan fingerprint density at radius 3 is 2.09 bits per heavy atom. The van der Waals surface area contributed by atoms with Crippen LogP contribution in [0.25, 0.3) is 0 Å². The number of amides is 2. The third-order valence-corrected chi connectivity index (χ3v) is 5.30. The highest BCUT2D eigenvalue weighted by atomic mass is 32.2. The number of hydrogen-bond donors (Lipinski definition) is 1. The van der Waals surface area contributed by atoms with Gasteiger partial charge in [-0.05, 0) is 32.9 Å². The molecule has 0 radical (unpaired) electrons. The van der Waals surface area contributed by atoms with Crippen molar-refractivity contribution in [1.82, 2.24) is 14.5 Å². The van der Waals surface area contributed by atoms with Gasteiger partial charge in [0.05, 0.1) is 4.90 Å². The van der Waals surface area contributed by atoms with Crippen molar-refractivity contribution in [2.75, 3.05) is 26.2 Å². The number of hydrogen-bond acceptors (Lipinski definition) is 3. The van der Waals surface area contributed by atoms with E-state index in [1.54, 1.807) is 35.2 Å². The van der Waals surface area contributed by atoms with E-state index in [2.05, 4.69) is 5.32 Å². The Bertz CT molecular complexity index is 615. The topological polar surface area (TPSA) is 69.7 Å². The van der Waals surface area contributed by atoms with E-state index in [1.165, 1.54) is 4.31 Å². The second-order valence-corrected chi connectivity index (χ2v) is 8.32. The number of rotatable bonds is 2. The SMILES string of the molecule is CC(C)(C)NC(=O)N1CCN(S(=O)(=O)c2ccccc2)CC1. The molecule has 1 aromatic carbocycles. The van der Waals surface area contributed by atoms with Crippen molar-refractivity contribution in [2.45, 2.75) is 31.2 Å². The van der Waals surface area contributed by atoms with Gasteiger partial charge in [-0.25, -0.2) is 13.2 Å². The van der Waals surface area contributed by atoms with Crippen LogP contribution in [0.4, 0.5) is 4.79 Å². The van der Waals surface area contributed by atoms with E-state index >= 15 is 0 Å². The Labute approximate surface area is 132 Å². The van der Waals surface area contributed by atoms with Crippen molar-refractivity contribution in [3.8, 4) is 0 Å². The van der Waals surface area contributed by atoms with Gasteiger partial charge in [-0.2, -0.15) is 4.31 Å². The molecule has 1 N–H and O–H groups in total. The van der Waals surface area contributed by atoms with Gasteiger partial charge in [0.1, 0.15) is 0 Å². The summed E-state index contributed by atoms with van der Waals surface area (Å²) >= 11 is 0. The first kappa shape index (κ1) is 16.8. The molecule has 0 saturated carbocycles. The molecule has 1 heterocycles. The van der Waals surface area contributed by atoms with E-state index < -0.39 is 10.0 Å². The van der Waals surface area contributed by atoms with Crippen LogP contribution in [0.2, 0.25) is 0 Å². The highest BCUT2D eigenvalue weighted by Gasteiger charge is 2.30. The molecule has 6 nitrogen and oxygen atoms in total. The summed E-state index contributed by atoms with van der Waals surface area (Å²) in [6.45, 7) is 7.18. The lowest BCUT2D eigenvalue weighted by Crippen LogP contribution is -2.55. The average molecular weight is 325 g/mol. The third-order valence-electron chi connectivity index (χ3n) is 3.39. The van der Waals surface area contributed by atoms with Crippen LogP contribution in [0, 0.1) is 0 Å². The zero-order valence-electron chi connectivity index (χ0n) is 13.2. The first-order chi connectivity index (χ1) is 10.2. The molecule has 1 aromatic rings. The summed E-state index contributed by atoms with van der Waals surface area (Å²) in [6, 6.07) is 8.24. The van der Waals surface area contributed by atoms with E-state index in [0.29, 0.717) is 31.1 Å². The maximum atomic E-state index is 12.5. The minimum absolute atomic E-state index is 0.149. The largest absolute Gasteiger partial charge is 0.333 e. The van der Waals surface area contributed by atoms with Gasteiger partial charge >= 0.3 is 6.03 Å². The van der Waals surface area contributed by atoms with Gasteiger partial charge in [0.25, 0.3) is 0 Å². The number of nitrogens with zero attached hydrogens (tertiary/aromatic N) is 2. The standard InChI is InChI=1S/C15H23N3O3S/c1-15(2,3)16-14(19)17-9-11-18(12-10-17)22(20,21)13-7-5-4-6-8-13/h4-8H,9-12H2,1-3H3,(H,16,19). The maximum absolute atomic E-state index is 12.5. The summed E-state index contributed by atoms with van der Waals surface area (Å²) in [4.78, 5) is 14.0. The molecule has 1 aliphatic heterocycles. The number of urea groups is 1. The molecule has 22 heavy (non-hydrogen) atoms. The number of carbonyl (C=O) groups excluding carboxylic acids is 1. The lowest BCUT2D eigenvalue weighted by molar-refractivity contribution is 0.165. The molecule has 1 saturated heterocycles. The molecular formula is C15H23N3O3S. The maximum Gasteiger partial charge on any atom is 0.317 e. The lowest BCUT2D eigenvalue weighted by Gasteiger charge is -2.35. The highest BCUT2D eigenvalue weighted by molar-refractivity contribution is 7.89. The molecule has 2 rings (SSSR count). The predicted molar refractivity (Wildman–Crippen MR) is 85.1 cm³/mol. The summed E-state index contributed by atoms with van der Waals surface area (Å²) in [6.07, 6.45) is 0. The summed E-state index contributed by atoms with van der Waals surface area (Å²) < 4.78 is 26.4. The second-order valence-electron chi connectivity index (χ2n) is 6.38. The number of sulfonamides is 1. The van der Waals surface area contributed by atoms with E-state index in [4.69, 9.17) is 0 Å². The normalized spacial score (nSPS) is 17.3. The Kier molecular flexibility index (Phi) is 4.77. The van der Waals surface area contributed by atoms with Gasteiger partial charge < -0.3 is 10.2 Å². The second kappa shape index (κ2) is 6.26. The van der Waals surface area contributed by atoms with Crippen molar-refractivity contribution in [1.29, 1.82) is 0 Å². The van der Waals surface area contributed by atoms with Crippen molar-refractivity contribution < 1.29 is 13.2 Å². The molecule has 0 aromatic heterocycles. The van der Waals surface area contributed by atoms with Gasteiger partial charge in [-0.3, -0.25) is 0 Å². The Hall–Kier alpha value is -1.60. The fraction of sp³-hybridized carbons (Fsp3) is 0.533. The van der Waals surface area contributed by atoms with Crippen molar-refractivity contribution in [3.05, 3.63) is 30.3 Å². The van der Waals surface area contributed by atoms with Crippen LogP contribution in [0.3, 0.4) is 0 Å². The minimum Gasteiger partial charge on any atom is -0.333 e. The molecule has 122 valence electrons. The van der Waals surface area contributed by atoms with Gasteiger partial charge in [0, 0.05) is 31.7 Å². The van der Waals surface area contributed by atoms with Crippen molar-refractivity contribution >= 4 is 16.1 Å². The fourth-order valence-electron chi connectivity index (χ4n) is 2.27. The Morgan fingerprint density at radius 1 is 1.05 bits per heavy atom. The molecule has 0 aliphatic carbocycles. The van der Waals surface area contributed by atoms with E-state index in [0.717, 1.165) is 0 Å². The zero-order valence-corrected chi connectivity index (χ0v) is 14.1. The van der Waals surface area contributed by atoms with Crippen LogP contribution in [-0.4, -0.2) is 55.4 Å². The number of nitrogens with one attached hydrogen (secondary N) is 1. The first-order valence-electron chi connectivity index (χ1n) is 7.32. The molecule has 1 aliphatic rings. The van der Waals surface area contributed by atoms with Gasteiger partial charge in [0.2, 0.25) is 10.0 Å². The summed E-state index contributed by atoms with van der Waals surface area (Å²) in [5.41, 5.74) is -0.301. The van der Waals surface area contributed by atoms with Gasteiger partial charge in [-0.15, -0.1) is 0 Å². The number of carbonyl (C=O) groups is 1. The van der Waals surface area contributed by atoms with Gasteiger partial charge in [0.15, 0.2) is 0 Å². The molecule has 1 fully saturated rings. The van der Waals surface area contributed by atoms with Crippen LogP contribution in [0.1, 0.15) is 20.8 Å². The quantitative estimate of drug-likeness (QED) is 0.896. The first-order valence-corrected chi connectivity index (χ1v) is 8.76. The van der Waals surface area contributed by atoms with Crippen molar-refractivity contribution in [2.24, 2.45) is 0 Å². The van der Waals surface area contributed by atoms with E-state index in [-0.39, 0.29) is 11.6 Å². The minimum atomic E-state index is -3.47. The molecule has 0 spiro atoms. The molecular weight excluding hydrogens is 302 g/mol. The molecule has 0 unspecified atom stereocenters. The fourth-order valence-corrected chi connectivity index (χ4v) is 3.72. The average Bonchev–Trinajstić information content (AvgIpc) is 2.46. The zero-order chi connectivity index (χ0) is 16.4. The van der Waals surface area contributed by atoms with Crippen LogP contribution in [-0.2, 0) is 10.0 Å². The van der Waals surface area contributed by atoms with Crippen molar-refractivity contribution in [3.63, 3.8) is 0 Å². The molecule has 0 atom stereocenters. The summed E-state index contributed by atoms with van der Waals surface area (Å²) in [5, 5.41) is 2.89. The third kappa shape index (κ3) is 3.98. The van der Waals surface area contributed by atoms with Crippen LogP contribution < -0.4 is 5.32 Å².